The second-order valence-electron chi connectivity index (χ2n) is 5.25. The third kappa shape index (κ3) is 4.89. The van der Waals surface area contributed by atoms with Crippen LogP contribution in [0.15, 0.2) is 47.2 Å². The molecule has 0 saturated heterocycles. The van der Waals surface area contributed by atoms with Gasteiger partial charge in [0.2, 0.25) is 0 Å². The highest BCUT2D eigenvalue weighted by molar-refractivity contribution is 9.10. The number of halogens is 1. The smallest absolute Gasteiger partial charge is 0.313 e. The average molecular weight is 376 g/mol. The molecule has 1 aromatic heterocycles. The van der Waals surface area contributed by atoms with Crippen molar-refractivity contribution >= 4 is 33.4 Å². The molecule has 0 saturated carbocycles. The van der Waals surface area contributed by atoms with Gasteiger partial charge in [-0.3, -0.25) is 14.6 Å². The summed E-state index contributed by atoms with van der Waals surface area (Å²) in [5.41, 5.74) is 2.72. The molecule has 1 aromatic carbocycles. The van der Waals surface area contributed by atoms with Gasteiger partial charge in [-0.2, -0.15) is 0 Å². The van der Waals surface area contributed by atoms with E-state index in [2.05, 4.69) is 26.2 Å². The number of likely N-dealkylation sites (N-methyl/N-ethyl adjacent to an activating group) is 1. The highest BCUT2D eigenvalue weighted by Crippen LogP contribution is 2.20. The number of aromatic nitrogens is 1. The van der Waals surface area contributed by atoms with Crippen LogP contribution in [0, 0.1) is 6.92 Å². The quantitative estimate of drug-likeness (QED) is 0.835. The van der Waals surface area contributed by atoms with E-state index in [1.54, 1.807) is 31.6 Å². The van der Waals surface area contributed by atoms with Gasteiger partial charge in [-0.15, -0.1) is 0 Å². The molecule has 0 fully saturated rings. The Balaban J connectivity index is 1.90. The van der Waals surface area contributed by atoms with Gasteiger partial charge in [-0.25, -0.2) is 0 Å². The molecule has 0 aliphatic heterocycles. The predicted molar refractivity (Wildman–Crippen MR) is 93.1 cm³/mol. The Labute approximate surface area is 143 Å². The minimum atomic E-state index is -0.641. The number of benzene rings is 1. The molecule has 23 heavy (non-hydrogen) atoms. The summed E-state index contributed by atoms with van der Waals surface area (Å²) in [7, 11) is 1.62. The van der Waals surface area contributed by atoms with Crippen molar-refractivity contribution in [3.05, 3.63) is 58.3 Å². The van der Waals surface area contributed by atoms with Gasteiger partial charge in [0, 0.05) is 36.1 Å². The molecule has 120 valence electrons. The lowest BCUT2D eigenvalue weighted by Gasteiger charge is -2.16. The summed E-state index contributed by atoms with van der Waals surface area (Å²) in [6.07, 6.45) is 4.09. The lowest BCUT2D eigenvalue weighted by Crippen LogP contribution is -2.38. The van der Waals surface area contributed by atoms with Crippen molar-refractivity contribution in [2.24, 2.45) is 0 Å². The average Bonchev–Trinajstić information content (AvgIpc) is 2.56. The fourth-order valence-electron chi connectivity index (χ4n) is 1.98. The predicted octanol–water partition coefficient (Wildman–Crippen LogP) is 2.79. The molecule has 0 radical (unpaired) electrons. The van der Waals surface area contributed by atoms with Crippen LogP contribution < -0.4 is 5.32 Å². The number of carbonyl (C=O) groups excluding carboxylic acids is 2. The number of amides is 2. The van der Waals surface area contributed by atoms with Crippen molar-refractivity contribution in [2.75, 3.05) is 18.9 Å². The zero-order chi connectivity index (χ0) is 16.8. The van der Waals surface area contributed by atoms with E-state index in [0.717, 1.165) is 15.6 Å². The summed E-state index contributed by atoms with van der Waals surface area (Å²) < 4.78 is 0.883. The molecular formula is C17H18BrN3O2. The van der Waals surface area contributed by atoms with Crippen molar-refractivity contribution in [2.45, 2.75) is 13.3 Å². The summed E-state index contributed by atoms with van der Waals surface area (Å²) in [4.78, 5) is 29.5. The van der Waals surface area contributed by atoms with Gasteiger partial charge in [0.15, 0.2) is 0 Å². The van der Waals surface area contributed by atoms with Gasteiger partial charge in [0.1, 0.15) is 0 Å². The van der Waals surface area contributed by atoms with Gasteiger partial charge in [-0.1, -0.05) is 22.0 Å². The third-order valence-electron chi connectivity index (χ3n) is 3.46. The van der Waals surface area contributed by atoms with Crippen LogP contribution >= 0.6 is 15.9 Å². The number of nitrogens with zero attached hydrogens (tertiary/aromatic N) is 2. The monoisotopic (exact) mass is 375 g/mol. The van der Waals surface area contributed by atoms with Crippen LogP contribution in [0.4, 0.5) is 5.69 Å². The summed E-state index contributed by atoms with van der Waals surface area (Å²) in [5, 5.41) is 2.62. The molecule has 6 heteroatoms. The maximum absolute atomic E-state index is 12.1. The van der Waals surface area contributed by atoms with Gasteiger partial charge in [0.05, 0.1) is 0 Å². The number of rotatable bonds is 4. The van der Waals surface area contributed by atoms with Crippen molar-refractivity contribution in [1.29, 1.82) is 0 Å². The molecular weight excluding hydrogens is 358 g/mol. The Morgan fingerprint density at radius 3 is 2.57 bits per heavy atom. The van der Waals surface area contributed by atoms with Crippen molar-refractivity contribution in [3.8, 4) is 0 Å². The Morgan fingerprint density at radius 1 is 1.22 bits per heavy atom. The molecule has 0 aliphatic rings. The van der Waals surface area contributed by atoms with Gasteiger partial charge in [0.25, 0.3) is 0 Å². The Kier molecular flexibility index (Phi) is 5.87. The topological polar surface area (TPSA) is 62.3 Å². The van der Waals surface area contributed by atoms with Gasteiger partial charge < -0.3 is 10.2 Å². The molecule has 0 bridgehead atoms. The highest BCUT2D eigenvalue weighted by atomic mass is 79.9. The number of pyridine rings is 1. The summed E-state index contributed by atoms with van der Waals surface area (Å²) >= 11 is 3.40. The fraction of sp³-hybridized carbons (Fsp3) is 0.235. The van der Waals surface area contributed by atoms with Crippen LogP contribution in [0.3, 0.4) is 0 Å². The molecule has 0 spiro atoms. The van der Waals surface area contributed by atoms with Crippen LogP contribution in [0.2, 0.25) is 0 Å². The first-order chi connectivity index (χ1) is 11.0. The Morgan fingerprint density at radius 2 is 1.91 bits per heavy atom. The number of hydrogen-bond acceptors (Lipinski definition) is 3. The van der Waals surface area contributed by atoms with Crippen LogP contribution in [0.1, 0.15) is 11.1 Å². The molecule has 0 unspecified atom stereocenters. The van der Waals surface area contributed by atoms with Crippen molar-refractivity contribution in [1.82, 2.24) is 9.88 Å². The van der Waals surface area contributed by atoms with E-state index >= 15 is 0 Å². The van der Waals surface area contributed by atoms with E-state index in [1.165, 1.54) is 4.90 Å². The minimum absolute atomic E-state index is 0.466. The lowest BCUT2D eigenvalue weighted by molar-refractivity contribution is -0.142. The Hall–Kier alpha value is -2.21. The molecule has 0 aliphatic carbocycles. The lowest BCUT2D eigenvalue weighted by atomic mass is 10.2. The van der Waals surface area contributed by atoms with Gasteiger partial charge >= 0.3 is 11.8 Å². The second kappa shape index (κ2) is 7.87. The fourth-order valence-corrected chi connectivity index (χ4v) is 2.36. The van der Waals surface area contributed by atoms with Crippen molar-refractivity contribution in [3.63, 3.8) is 0 Å². The number of aryl methyl sites for hydroxylation is 1. The molecule has 5 nitrogen and oxygen atoms in total. The van der Waals surface area contributed by atoms with E-state index in [4.69, 9.17) is 0 Å². The summed E-state index contributed by atoms with van der Waals surface area (Å²) in [5.74, 6) is -1.20. The first kappa shape index (κ1) is 17.1. The maximum Gasteiger partial charge on any atom is 0.313 e. The molecule has 0 atom stereocenters. The van der Waals surface area contributed by atoms with Crippen molar-refractivity contribution < 1.29 is 9.59 Å². The largest absolute Gasteiger partial charge is 0.337 e. The number of hydrogen-bond donors (Lipinski definition) is 1. The van der Waals surface area contributed by atoms with Gasteiger partial charge in [-0.05, 0) is 48.7 Å². The third-order valence-corrected chi connectivity index (χ3v) is 4.31. The van der Waals surface area contributed by atoms with E-state index in [0.29, 0.717) is 18.7 Å². The Bertz CT molecular complexity index is 704. The number of carbonyl (C=O) groups is 2. The highest BCUT2D eigenvalue weighted by Gasteiger charge is 2.18. The first-order valence-electron chi connectivity index (χ1n) is 7.19. The number of nitrogens with one attached hydrogen (secondary N) is 1. The zero-order valence-corrected chi connectivity index (χ0v) is 14.6. The van der Waals surface area contributed by atoms with E-state index in [9.17, 15) is 9.59 Å². The zero-order valence-electron chi connectivity index (χ0n) is 13.0. The molecule has 2 aromatic rings. The summed E-state index contributed by atoms with van der Waals surface area (Å²) in [6, 6.07) is 9.20. The summed E-state index contributed by atoms with van der Waals surface area (Å²) in [6.45, 7) is 2.42. The van der Waals surface area contributed by atoms with Crippen LogP contribution in [-0.2, 0) is 16.0 Å². The standard InChI is InChI=1S/C17H18BrN3O2/c1-12-3-4-14(11-15(12)18)20-16(22)17(23)21(2)10-7-13-5-8-19-9-6-13/h3-6,8-9,11H,7,10H2,1-2H3,(H,20,22). The first-order valence-corrected chi connectivity index (χ1v) is 7.98. The van der Waals surface area contributed by atoms with E-state index in [1.807, 2.05) is 25.1 Å². The molecule has 1 N–H and O–H groups in total. The number of anilines is 1. The SMILES string of the molecule is Cc1ccc(NC(=O)C(=O)N(C)CCc2ccncc2)cc1Br. The minimum Gasteiger partial charge on any atom is -0.337 e. The second-order valence-corrected chi connectivity index (χ2v) is 6.10. The molecule has 2 rings (SSSR count). The maximum atomic E-state index is 12.1. The van der Waals surface area contributed by atoms with Crippen LogP contribution in [0.25, 0.3) is 0 Å². The van der Waals surface area contributed by atoms with E-state index < -0.39 is 11.8 Å². The van der Waals surface area contributed by atoms with Crippen LogP contribution in [0.5, 0.6) is 0 Å². The van der Waals surface area contributed by atoms with Crippen LogP contribution in [-0.4, -0.2) is 35.3 Å². The normalized spacial score (nSPS) is 10.2. The van der Waals surface area contributed by atoms with E-state index in [-0.39, 0.29) is 0 Å². The molecule has 1 heterocycles. The molecule has 2 amide bonds.